The number of hydrogen-bond donors (Lipinski definition) is 0. The summed E-state index contributed by atoms with van der Waals surface area (Å²) < 4.78 is 4.80. The van der Waals surface area contributed by atoms with E-state index in [1.165, 1.54) is 5.56 Å². The van der Waals surface area contributed by atoms with Crippen LogP contribution in [0, 0.1) is 4.91 Å². The van der Waals surface area contributed by atoms with Crippen molar-refractivity contribution in [1.29, 1.82) is 0 Å². The number of hydrogen-bond acceptors (Lipinski definition) is 4. The minimum absolute atomic E-state index is 0.294. The molecule has 20 heavy (non-hydrogen) atoms. The lowest BCUT2D eigenvalue weighted by atomic mass is 10.0. The van der Waals surface area contributed by atoms with Gasteiger partial charge in [-0.05, 0) is 31.7 Å². The number of aryl methyl sites for hydroxylation is 1. The number of rotatable bonds is 10. The first-order valence-corrected chi connectivity index (χ1v) is 7.31. The van der Waals surface area contributed by atoms with E-state index in [0.29, 0.717) is 13.0 Å². The van der Waals surface area contributed by atoms with E-state index in [0.717, 1.165) is 32.1 Å². The van der Waals surface area contributed by atoms with Crippen molar-refractivity contribution in [1.82, 2.24) is 0 Å². The van der Waals surface area contributed by atoms with Gasteiger partial charge in [0.25, 0.3) is 0 Å². The van der Waals surface area contributed by atoms with Crippen LogP contribution in [0.15, 0.2) is 35.5 Å². The number of carbonyl (C=O) groups excluding carboxylic acids is 1. The van der Waals surface area contributed by atoms with E-state index in [-0.39, 0.29) is 0 Å². The van der Waals surface area contributed by atoms with Crippen molar-refractivity contribution < 1.29 is 9.53 Å². The number of esters is 1. The summed E-state index contributed by atoms with van der Waals surface area (Å²) in [7, 11) is 0. The Morgan fingerprint density at radius 1 is 1.15 bits per heavy atom. The van der Waals surface area contributed by atoms with Crippen LogP contribution in [0.25, 0.3) is 0 Å². The second-order valence-electron chi connectivity index (χ2n) is 4.81. The van der Waals surface area contributed by atoms with E-state index >= 15 is 0 Å². The van der Waals surface area contributed by atoms with Crippen molar-refractivity contribution in [3.8, 4) is 0 Å². The summed E-state index contributed by atoms with van der Waals surface area (Å²) in [5.41, 5.74) is 1.35. The molecule has 0 aromatic heterocycles. The van der Waals surface area contributed by atoms with Gasteiger partial charge in [-0.3, -0.25) is 0 Å². The van der Waals surface area contributed by atoms with Crippen LogP contribution in [0.1, 0.15) is 44.6 Å². The molecule has 0 aliphatic carbocycles. The number of benzene rings is 1. The number of nitroso groups, excluding NO2 is 1. The Morgan fingerprint density at radius 3 is 2.50 bits per heavy atom. The number of ether oxygens (including phenoxy) is 1. The lowest BCUT2D eigenvalue weighted by Gasteiger charge is -2.07. The normalized spacial score (nSPS) is 11.8. The van der Waals surface area contributed by atoms with E-state index in [1.54, 1.807) is 6.92 Å². The average Bonchev–Trinajstić information content (AvgIpc) is 2.48. The quantitative estimate of drug-likeness (QED) is 0.370. The molecule has 0 heterocycles. The standard InChI is InChI=1S/C16H23NO3/c1-2-20-16(18)15(17-19)13-9-4-3-6-10-14-11-7-5-8-12-14/h5,7-8,11-12,15H,2-4,6,9-10,13H2,1H3. The predicted molar refractivity (Wildman–Crippen MR) is 79.4 cm³/mol. The number of carbonyl (C=O) groups is 1. The van der Waals surface area contributed by atoms with Crippen molar-refractivity contribution in [3.05, 3.63) is 40.8 Å². The van der Waals surface area contributed by atoms with Gasteiger partial charge in [-0.15, -0.1) is 4.91 Å². The topological polar surface area (TPSA) is 55.7 Å². The van der Waals surface area contributed by atoms with Crippen LogP contribution in [0.2, 0.25) is 0 Å². The molecule has 0 saturated heterocycles. The van der Waals surface area contributed by atoms with Gasteiger partial charge in [0.1, 0.15) is 0 Å². The molecule has 1 rings (SSSR count). The molecule has 0 N–H and O–H groups in total. The SMILES string of the molecule is CCOC(=O)C(CCCCCCc1ccccc1)N=O. The molecule has 0 aliphatic heterocycles. The maximum Gasteiger partial charge on any atom is 0.334 e. The second-order valence-corrected chi connectivity index (χ2v) is 4.81. The fraction of sp³-hybridized carbons (Fsp3) is 0.562. The van der Waals surface area contributed by atoms with Gasteiger partial charge in [-0.1, -0.05) is 54.8 Å². The summed E-state index contributed by atoms with van der Waals surface area (Å²) in [4.78, 5) is 21.9. The molecular weight excluding hydrogens is 254 g/mol. The first-order valence-electron chi connectivity index (χ1n) is 7.31. The molecule has 110 valence electrons. The number of nitrogens with zero attached hydrogens (tertiary/aromatic N) is 1. The molecule has 0 radical (unpaired) electrons. The van der Waals surface area contributed by atoms with Gasteiger partial charge >= 0.3 is 5.97 Å². The highest BCUT2D eigenvalue weighted by Crippen LogP contribution is 2.12. The Kier molecular flexibility index (Phi) is 8.27. The maximum atomic E-state index is 11.4. The zero-order valence-corrected chi connectivity index (χ0v) is 12.1. The second kappa shape index (κ2) is 10.1. The Morgan fingerprint density at radius 2 is 1.85 bits per heavy atom. The van der Waals surface area contributed by atoms with Gasteiger partial charge in [0.05, 0.1) is 6.61 Å². The Bertz CT molecular complexity index is 392. The van der Waals surface area contributed by atoms with Crippen molar-refractivity contribution in [2.75, 3.05) is 6.61 Å². The summed E-state index contributed by atoms with van der Waals surface area (Å²) in [6.45, 7) is 2.02. The van der Waals surface area contributed by atoms with Gasteiger partial charge < -0.3 is 4.74 Å². The Balaban J connectivity index is 2.09. The number of unbranched alkanes of at least 4 members (excludes halogenated alkanes) is 3. The molecule has 0 saturated carbocycles. The predicted octanol–water partition coefficient (Wildman–Crippen LogP) is 3.88. The van der Waals surface area contributed by atoms with Crippen LogP contribution in [0.4, 0.5) is 0 Å². The Labute approximate surface area is 120 Å². The van der Waals surface area contributed by atoms with Crippen molar-refractivity contribution in [2.24, 2.45) is 5.18 Å². The molecule has 1 unspecified atom stereocenters. The minimum atomic E-state index is -0.830. The average molecular weight is 277 g/mol. The van der Waals surface area contributed by atoms with E-state index in [2.05, 4.69) is 29.4 Å². The molecule has 4 nitrogen and oxygen atoms in total. The first-order chi connectivity index (χ1) is 9.77. The molecule has 4 heteroatoms. The molecule has 0 aliphatic rings. The van der Waals surface area contributed by atoms with Gasteiger partial charge in [-0.2, -0.15) is 0 Å². The van der Waals surface area contributed by atoms with Crippen LogP contribution < -0.4 is 0 Å². The Hall–Kier alpha value is -1.71. The van der Waals surface area contributed by atoms with E-state index in [1.807, 2.05) is 6.07 Å². The van der Waals surface area contributed by atoms with Gasteiger partial charge in [0.15, 0.2) is 6.04 Å². The van der Waals surface area contributed by atoms with Crippen molar-refractivity contribution in [2.45, 2.75) is 51.5 Å². The molecule has 1 atom stereocenters. The smallest absolute Gasteiger partial charge is 0.334 e. The zero-order valence-electron chi connectivity index (χ0n) is 12.1. The summed E-state index contributed by atoms with van der Waals surface area (Å²) in [5.74, 6) is -0.494. The van der Waals surface area contributed by atoms with Crippen molar-refractivity contribution in [3.63, 3.8) is 0 Å². The van der Waals surface area contributed by atoms with Gasteiger partial charge in [0, 0.05) is 0 Å². The van der Waals surface area contributed by atoms with E-state index in [4.69, 9.17) is 4.74 Å². The fourth-order valence-corrected chi connectivity index (χ4v) is 2.12. The third kappa shape index (κ3) is 6.45. The zero-order chi connectivity index (χ0) is 14.6. The maximum absolute atomic E-state index is 11.4. The molecule has 0 amide bonds. The van der Waals surface area contributed by atoms with Crippen LogP contribution in [0.3, 0.4) is 0 Å². The molecule has 0 spiro atoms. The summed E-state index contributed by atoms with van der Waals surface area (Å²) in [5, 5.41) is 2.85. The highest BCUT2D eigenvalue weighted by Gasteiger charge is 2.19. The highest BCUT2D eigenvalue weighted by atomic mass is 16.5. The largest absolute Gasteiger partial charge is 0.464 e. The monoisotopic (exact) mass is 277 g/mol. The third-order valence-electron chi connectivity index (χ3n) is 3.22. The molecule has 0 fully saturated rings. The molecule has 1 aromatic rings. The van der Waals surface area contributed by atoms with Gasteiger partial charge in [0.2, 0.25) is 0 Å². The van der Waals surface area contributed by atoms with Gasteiger partial charge in [-0.25, -0.2) is 4.79 Å². The van der Waals surface area contributed by atoms with Crippen molar-refractivity contribution >= 4 is 5.97 Å². The first kappa shape index (κ1) is 16.3. The van der Waals surface area contributed by atoms with E-state index in [9.17, 15) is 9.70 Å². The third-order valence-corrected chi connectivity index (χ3v) is 3.22. The van der Waals surface area contributed by atoms with E-state index < -0.39 is 12.0 Å². The molecule has 0 bridgehead atoms. The summed E-state index contributed by atoms with van der Waals surface area (Å²) >= 11 is 0. The lowest BCUT2D eigenvalue weighted by Crippen LogP contribution is -2.20. The van der Waals surface area contributed by atoms with Crippen LogP contribution in [0.5, 0.6) is 0 Å². The van der Waals surface area contributed by atoms with Crippen LogP contribution >= 0.6 is 0 Å². The minimum Gasteiger partial charge on any atom is -0.464 e. The molecule has 1 aromatic carbocycles. The van der Waals surface area contributed by atoms with Crippen LogP contribution in [-0.2, 0) is 16.0 Å². The van der Waals surface area contributed by atoms with Crippen LogP contribution in [-0.4, -0.2) is 18.6 Å². The fourth-order valence-electron chi connectivity index (χ4n) is 2.12. The summed E-state index contributed by atoms with van der Waals surface area (Å²) in [6.07, 6.45) is 5.65. The lowest BCUT2D eigenvalue weighted by molar-refractivity contribution is -0.144. The molecular formula is C16H23NO3. The highest BCUT2D eigenvalue weighted by molar-refractivity contribution is 5.75. The summed E-state index contributed by atoms with van der Waals surface area (Å²) in [6, 6.07) is 9.56.